The number of rotatable bonds is 3. The number of halogens is 1. The maximum absolute atomic E-state index is 15.0. The maximum atomic E-state index is 15.0. The first-order valence-electron chi connectivity index (χ1n) is 10.5. The molecule has 0 bridgehead atoms. The minimum Gasteiger partial charge on any atom is -0.507 e. The van der Waals surface area contributed by atoms with E-state index < -0.39 is 29.3 Å². The van der Waals surface area contributed by atoms with E-state index in [1.54, 1.807) is 49.4 Å². The molecule has 0 spiro atoms. The van der Waals surface area contributed by atoms with Gasteiger partial charge in [0.1, 0.15) is 24.8 Å². The molecule has 0 radical (unpaired) electrons. The van der Waals surface area contributed by atoms with Crippen molar-refractivity contribution in [2.75, 3.05) is 18.1 Å². The van der Waals surface area contributed by atoms with Gasteiger partial charge in [-0.3, -0.25) is 14.5 Å². The molecular formula is C26H20FNO5. The summed E-state index contributed by atoms with van der Waals surface area (Å²) >= 11 is 0. The third kappa shape index (κ3) is 3.42. The molecule has 2 heterocycles. The molecule has 1 amide bonds. The lowest BCUT2D eigenvalue weighted by Crippen LogP contribution is -2.30. The van der Waals surface area contributed by atoms with Gasteiger partial charge in [-0.1, -0.05) is 36.4 Å². The van der Waals surface area contributed by atoms with Crippen LogP contribution in [-0.2, 0) is 9.59 Å². The number of aliphatic hydroxyl groups is 1. The Hall–Kier alpha value is -4.13. The number of carbonyl (C=O) groups excluding carboxylic acids is 2. The van der Waals surface area contributed by atoms with Crippen molar-refractivity contribution in [3.05, 3.63) is 94.8 Å². The summed E-state index contributed by atoms with van der Waals surface area (Å²) in [5.74, 6) is -1.79. The smallest absolute Gasteiger partial charge is 0.300 e. The zero-order chi connectivity index (χ0) is 23.1. The summed E-state index contributed by atoms with van der Waals surface area (Å²) < 4.78 is 26.1. The van der Waals surface area contributed by atoms with Gasteiger partial charge in [0.2, 0.25) is 0 Å². The van der Waals surface area contributed by atoms with E-state index in [0.717, 1.165) is 5.56 Å². The molecule has 1 fully saturated rings. The van der Waals surface area contributed by atoms with E-state index in [0.29, 0.717) is 30.4 Å². The van der Waals surface area contributed by atoms with Gasteiger partial charge in [-0.2, -0.15) is 0 Å². The summed E-state index contributed by atoms with van der Waals surface area (Å²) in [7, 11) is 0. The lowest BCUT2D eigenvalue weighted by molar-refractivity contribution is -0.132. The highest BCUT2D eigenvalue weighted by molar-refractivity contribution is 6.51. The molecule has 2 aliphatic heterocycles. The molecule has 2 aliphatic rings. The fourth-order valence-corrected chi connectivity index (χ4v) is 4.25. The van der Waals surface area contributed by atoms with E-state index in [2.05, 4.69) is 0 Å². The molecule has 33 heavy (non-hydrogen) atoms. The summed E-state index contributed by atoms with van der Waals surface area (Å²) in [4.78, 5) is 27.7. The van der Waals surface area contributed by atoms with E-state index in [9.17, 15) is 19.1 Å². The number of nitrogens with zero attached hydrogens (tertiary/aromatic N) is 1. The SMILES string of the molecule is Cc1ccccc1N1C(=O)C(=O)/C(=C(/O)c2ccc3c(c2)OCCO3)C1c1ccccc1F. The number of amides is 1. The zero-order valence-corrected chi connectivity index (χ0v) is 17.7. The van der Waals surface area contributed by atoms with E-state index in [4.69, 9.17) is 9.47 Å². The molecule has 0 aromatic heterocycles. The largest absolute Gasteiger partial charge is 0.507 e. The molecule has 0 saturated carbocycles. The Morgan fingerprint density at radius 3 is 2.42 bits per heavy atom. The second-order valence-electron chi connectivity index (χ2n) is 7.84. The van der Waals surface area contributed by atoms with Crippen molar-refractivity contribution in [3.8, 4) is 11.5 Å². The molecule has 1 N–H and O–H groups in total. The van der Waals surface area contributed by atoms with E-state index in [1.807, 2.05) is 6.07 Å². The van der Waals surface area contributed by atoms with Crippen LogP contribution in [-0.4, -0.2) is 30.0 Å². The Labute approximate surface area is 189 Å². The van der Waals surface area contributed by atoms with Crippen molar-refractivity contribution in [2.45, 2.75) is 13.0 Å². The quantitative estimate of drug-likeness (QED) is 0.364. The summed E-state index contributed by atoms with van der Waals surface area (Å²) in [5.41, 5.74) is 1.39. The molecule has 0 aliphatic carbocycles. The predicted molar refractivity (Wildman–Crippen MR) is 120 cm³/mol. The Balaban J connectivity index is 1.73. The van der Waals surface area contributed by atoms with Crippen LogP contribution >= 0.6 is 0 Å². The number of ketones is 1. The first kappa shape index (κ1) is 20.8. The Kier molecular flexibility index (Phi) is 5.09. The van der Waals surface area contributed by atoms with Crippen LogP contribution in [0.5, 0.6) is 11.5 Å². The summed E-state index contributed by atoms with van der Waals surface area (Å²) in [6.45, 7) is 2.56. The fourth-order valence-electron chi connectivity index (χ4n) is 4.25. The van der Waals surface area contributed by atoms with Crippen LogP contribution in [0, 0.1) is 12.7 Å². The van der Waals surface area contributed by atoms with E-state index in [-0.39, 0.29) is 16.7 Å². The number of aryl methyl sites for hydroxylation is 1. The number of carbonyl (C=O) groups is 2. The van der Waals surface area contributed by atoms with Gasteiger partial charge >= 0.3 is 0 Å². The minimum absolute atomic E-state index is 0.110. The van der Waals surface area contributed by atoms with Crippen molar-refractivity contribution in [2.24, 2.45) is 0 Å². The normalized spacial score (nSPS) is 19.1. The highest BCUT2D eigenvalue weighted by Gasteiger charge is 2.48. The molecule has 166 valence electrons. The highest BCUT2D eigenvalue weighted by Crippen LogP contribution is 2.44. The second kappa shape index (κ2) is 8.09. The minimum atomic E-state index is -1.14. The molecule has 3 aromatic carbocycles. The molecule has 1 atom stereocenters. The molecule has 1 saturated heterocycles. The van der Waals surface area contributed by atoms with Gasteiger partial charge < -0.3 is 14.6 Å². The van der Waals surface area contributed by atoms with Crippen molar-refractivity contribution in [1.82, 2.24) is 0 Å². The number of hydrogen-bond acceptors (Lipinski definition) is 5. The monoisotopic (exact) mass is 445 g/mol. The zero-order valence-electron chi connectivity index (χ0n) is 17.7. The van der Waals surface area contributed by atoms with Gasteiger partial charge in [0.05, 0.1) is 11.6 Å². The average molecular weight is 445 g/mol. The van der Waals surface area contributed by atoms with E-state index >= 15 is 0 Å². The summed E-state index contributed by atoms with van der Waals surface area (Å²) in [6, 6.07) is 16.6. The number of benzene rings is 3. The van der Waals surface area contributed by atoms with Gasteiger partial charge in [-0.05, 0) is 42.8 Å². The van der Waals surface area contributed by atoms with Gasteiger partial charge in [0.15, 0.2) is 11.5 Å². The van der Waals surface area contributed by atoms with Crippen LogP contribution in [0.25, 0.3) is 5.76 Å². The predicted octanol–water partition coefficient (Wildman–Crippen LogP) is 4.53. The van der Waals surface area contributed by atoms with Crippen LogP contribution in [0.15, 0.2) is 72.3 Å². The van der Waals surface area contributed by atoms with Gasteiger partial charge in [0, 0.05) is 16.8 Å². The highest BCUT2D eigenvalue weighted by atomic mass is 19.1. The molecule has 5 rings (SSSR count). The van der Waals surface area contributed by atoms with Gasteiger partial charge in [-0.15, -0.1) is 0 Å². The van der Waals surface area contributed by atoms with Crippen molar-refractivity contribution >= 4 is 23.1 Å². The molecule has 1 unspecified atom stereocenters. The second-order valence-corrected chi connectivity index (χ2v) is 7.84. The van der Waals surface area contributed by atoms with Crippen LogP contribution in [0.1, 0.15) is 22.7 Å². The Bertz CT molecular complexity index is 1320. The number of anilines is 1. The van der Waals surface area contributed by atoms with E-state index in [1.165, 1.54) is 23.1 Å². The summed E-state index contributed by atoms with van der Waals surface area (Å²) in [6.07, 6.45) is 0. The number of hydrogen-bond donors (Lipinski definition) is 1. The van der Waals surface area contributed by atoms with Crippen LogP contribution in [0.4, 0.5) is 10.1 Å². The third-order valence-electron chi connectivity index (χ3n) is 5.83. The molecule has 6 nitrogen and oxygen atoms in total. The molecule has 3 aromatic rings. The lowest BCUT2D eigenvalue weighted by atomic mass is 9.94. The van der Waals surface area contributed by atoms with Crippen molar-refractivity contribution in [3.63, 3.8) is 0 Å². The topological polar surface area (TPSA) is 76.1 Å². The first-order valence-corrected chi connectivity index (χ1v) is 10.5. The lowest BCUT2D eigenvalue weighted by Gasteiger charge is -2.27. The number of ether oxygens (including phenoxy) is 2. The fraction of sp³-hybridized carbons (Fsp3) is 0.154. The number of fused-ring (bicyclic) bond motifs is 1. The number of Topliss-reactive ketones (excluding diaryl/α,β-unsaturated/α-hetero) is 1. The van der Waals surface area contributed by atoms with Crippen molar-refractivity contribution < 1.29 is 28.6 Å². The maximum Gasteiger partial charge on any atom is 0.300 e. The Morgan fingerprint density at radius 1 is 0.970 bits per heavy atom. The average Bonchev–Trinajstić information content (AvgIpc) is 3.09. The molecule has 7 heteroatoms. The van der Waals surface area contributed by atoms with Gasteiger partial charge in [0.25, 0.3) is 11.7 Å². The van der Waals surface area contributed by atoms with Crippen LogP contribution in [0.3, 0.4) is 0 Å². The Morgan fingerprint density at radius 2 is 1.67 bits per heavy atom. The first-order chi connectivity index (χ1) is 16.0. The third-order valence-corrected chi connectivity index (χ3v) is 5.83. The van der Waals surface area contributed by atoms with Crippen LogP contribution in [0.2, 0.25) is 0 Å². The van der Waals surface area contributed by atoms with Gasteiger partial charge in [-0.25, -0.2) is 4.39 Å². The molecular weight excluding hydrogens is 425 g/mol. The summed E-state index contributed by atoms with van der Waals surface area (Å²) in [5, 5.41) is 11.2. The van der Waals surface area contributed by atoms with Crippen LogP contribution < -0.4 is 14.4 Å². The number of para-hydroxylation sites is 1. The number of aliphatic hydroxyl groups excluding tert-OH is 1. The standard InChI is InChI=1S/C26H20FNO5/c1-15-6-2-5-9-19(15)28-23(17-7-3-4-8-18(17)27)22(25(30)26(28)31)24(29)16-10-11-20-21(14-16)33-13-12-32-20/h2-11,14,23,29H,12-13H2,1H3/b24-22+. The van der Waals surface area contributed by atoms with Crippen molar-refractivity contribution in [1.29, 1.82) is 0 Å².